The summed E-state index contributed by atoms with van der Waals surface area (Å²) < 4.78 is 0. The summed E-state index contributed by atoms with van der Waals surface area (Å²) in [6.45, 7) is 6.73. The predicted molar refractivity (Wildman–Crippen MR) is 64.0 cm³/mol. The van der Waals surface area contributed by atoms with Gasteiger partial charge in [-0.15, -0.1) is 0 Å². The molecule has 2 unspecified atom stereocenters. The van der Waals surface area contributed by atoms with Gasteiger partial charge in [0.2, 0.25) is 5.91 Å². The summed E-state index contributed by atoms with van der Waals surface area (Å²) in [6.07, 6.45) is 2.22. The highest BCUT2D eigenvalue weighted by Gasteiger charge is 2.47. The van der Waals surface area contributed by atoms with E-state index in [0.717, 1.165) is 32.5 Å². The molecular weight excluding hydrogens is 202 g/mol. The van der Waals surface area contributed by atoms with Gasteiger partial charge in [0.25, 0.3) is 0 Å². The SMILES string of the molecule is CC1CN(C)CCN1C(=O)C(C)(N)C1CC1. The van der Waals surface area contributed by atoms with Gasteiger partial charge in [-0.25, -0.2) is 0 Å². The van der Waals surface area contributed by atoms with Crippen LogP contribution in [0.4, 0.5) is 0 Å². The highest BCUT2D eigenvalue weighted by atomic mass is 16.2. The van der Waals surface area contributed by atoms with Crippen LogP contribution in [0.15, 0.2) is 0 Å². The molecule has 2 atom stereocenters. The molecule has 4 heteroatoms. The Morgan fingerprint density at radius 3 is 2.50 bits per heavy atom. The lowest BCUT2D eigenvalue weighted by atomic mass is 9.94. The first-order valence-corrected chi connectivity index (χ1v) is 6.21. The van der Waals surface area contributed by atoms with E-state index in [1.54, 1.807) is 0 Å². The molecule has 16 heavy (non-hydrogen) atoms. The van der Waals surface area contributed by atoms with Crippen molar-refractivity contribution in [3.05, 3.63) is 0 Å². The maximum atomic E-state index is 12.4. The number of rotatable bonds is 2. The van der Waals surface area contributed by atoms with E-state index in [-0.39, 0.29) is 11.9 Å². The van der Waals surface area contributed by atoms with E-state index in [9.17, 15) is 4.79 Å². The molecule has 0 aromatic rings. The number of nitrogens with zero attached hydrogens (tertiary/aromatic N) is 2. The number of piperazine rings is 1. The number of amides is 1. The van der Waals surface area contributed by atoms with Gasteiger partial charge in [-0.2, -0.15) is 0 Å². The summed E-state index contributed by atoms with van der Waals surface area (Å²) in [5.74, 6) is 0.558. The first kappa shape index (κ1) is 11.9. The lowest BCUT2D eigenvalue weighted by Gasteiger charge is -2.41. The molecule has 4 nitrogen and oxygen atoms in total. The summed E-state index contributed by atoms with van der Waals surface area (Å²) in [5.41, 5.74) is 5.55. The quantitative estimate of drug-likeness (QED) is 0.734. The third-order valence-corrected chi connectivity index (χ3v) is 3.98. The van der Waals surface area contributed by atoms with Crippen molar-refractivity contribution < 1.29 is 4.79 Å². The van der Waals surface area contributed by atoms with E-state index in [1.165, 1.54) is 0 Å². The van der Waals surface area contributed by atoms with Crippen LogP contribution < -0.4 is 5.73 Å². The van der Waals surface area contributed by atoms with Crippen molar-refractivity contribution in [1.29, 1.82) is 0 Å². The Morgan fingerprint density at radius 2 is 2.00 bits per heavy atom. The van der Waals surface area contributed by atoms with E-state index in [4.69, 9.17) is 5.73 Å². The molecule has 92 valence electrons. The van der Waals surface area contributed by atoms with Gasteiger partial charge in [-0.1, -0.05) is 0 Å². The molecular formula is C12H23N3O. The summed E-state index contributed by atoms with van der Waals surface area (Å²) in [7, 11) is 2.10. The van der Waals surface area contributed by atoms with Gasteiger partial charge >= 0.3 is 0 Å². The van der Waals surface area contributed by atoms with E-state index in [0.29, 0.717) is 5.92 Å². The van der Waals surface area contributed by atoms with Gasteiger partial charge in [0.05, 0.1) is 5.54 Å². The van der Waals surface area contributed by atoms with Crippen molar-refractivity contribution in [2.75, 3.05) is 26.7 Å². The molecule has 2 fully saturated rings. The van der Waals surface area contributed by atoms with Crippen LogP contribution in [0.1, 0.15) is 26.7 Å². The first-order valence-electron chi connectivity index (χ1n) is 6.21. The minimum atomic E-state index is -0.635. The second-order valence-corrected chi connectivity index (χ2v) is 5.67. The van der Waals surface area contributed by atoms with E-state index >= 15 is 0 Å². The zero-order chi connectivity index (χ0) is 11.9. The Balaban J connectivity index is 2.03. The van der Waals surface area contributed by atoms with Crippen LogP contribution >= 0.6 is 0 Å². The normalized spacial score (nSPS) is 31.2. The topological polar surface area (TPSA) is 49.6 Å². The fraction of sp³-hybridized carbons (Fsp3) is 0.917. The predicted octanol–water partition coefficient (Wildman–Crippen LogP) is 0.276. The molecule has 1 heterocycles. The Hall–Kier alpha value is -0.610. The molecule has 0 spiro atoms. The molecule has 2 aliphatic rings. The fourth-order valence-electron chi connectivity index (χ4n) is 2.61. The Bertz CT molecular complexity index is 286. The van der Waals surface area contributed by atoms with Crippen LogP contribution in [0.25, 0.3) is 0 Å². The Labute approximate surface area is 97.8 Å². The number of nitrogens with two attached hydrogens (primary N) is 1. The van der Waals surface area contributed by atoms with Crippen molar-refractivity contribution in [3.63, 3.8) is 0 Å². The molecule has 0 aromatic carbocycles. The summed E-state index contributed by atoms with van der Waals surface area (Å²) in [6, 6.07) is 0.285. The average Bonchev–Trinajstić information content (AvgIpc) is 2.99. The van der Waals surface area contributed by atoms with Crippen molar-refractivity contribution in [2.24, 2.45) is 11.7 Å². The largest absolute Gasteiger partial charge is 0.336 e. The monoisotopic (exact) mass is 225 g/mol. The molecule has 2 N–H and O–H groups in total. The zero-order valence-corrected chi connectivity index (χ0v) is 10.6. The molecule has 1 aliphatic carbocycles. The standard InChI is InChI=1S/C12H23N3O/c1-9-8-14(3)6-7-15(9)11(16)12(2,13)10-4-5-10/h9-10H,4-8,13H2,1-3H3. The molecule has 0 radical (unpaired) electrons. The van der Waals surface area contributed by atoms with Crippen molar-refractivity contribution in [2.45, 2.75) is 38.3 Å². The third kappa shape index (κ3) is 2.09. The van der Waals surface area contributed by atoms with Crippen LogP contribution in [-0.2, 0) is 4.79 Å². The maximum Gasteiger partial charge on any atom is 0.242 e. The first-order chi connectivity index (χ1) is 7.43. The third-order valence-electron chi connectivity index (χ3n) is 3.98. The zero-order valence-electron chi connectivity index (χ0n) is 10.6. The van der Waals surface area contributed by atoms with Crippen molar-refractivity contribution in [1.82, 2.24) is 9.80 Å². The van der Waals surface area contributed by atoms with E-state index in [1.807, 2.05) is 11.8 Å². The maximum absolute atomic E-state index is 12.4. The van der Waals surface area contributed by atoms with Gasteiger partial charge in [0.15, 0.2) is 0 Å². The Kier molecular flexibility index (Phi) is 2.97. The van der Waals surface area contributed by atoms with Gasteiger partial charge in [-0.05, 0) is 39.7 Å². The van der Waals surface area contributed by atoms with Crippen LogP contribution in [0.5, 0.6) is 0 Å². The van der Waals surface area contributed by atoms with Gasteiger partial charge in [-0.3, -0.25) is 4.79 Å². The summed E-state index contributed by atoms with van der Waals surface area (Å²) >= 11 is 0. The van der Waals surface area contributed by atoms with Crippen LogP contribution in [0.3, 0.4) is 0 Å². The fourth-order valence-corrected chi connectivity index (χ4v) is 2.61. The van der Waals surface area contributed by atoms with Gasteiger partial charge in [0.1, 0.15) is 0 Å². The number of hydrogen-bond acceptors (Lipinski definition) is 3. The van der Waals surface area contributed by atoms with Crippen molar-refractivity contribution >= 4 is 5.91 Å². The van der Waals surface area contributed by atoms with Gasteiger partial charge < -0.3 is 15.5 Å². The summed E-state index contributed by atoms with van der Waals surface area (Å²) in [5, 5.41) is 0. The molecule has 0 aromatic heterocycles. The van der Waals surface area contributed by atoms with Crippen LogP contribution in [-0.4, -0.2) is 54.0 Å². The number of carbonyl (C=O) groups is 1. The number of hydrogen-bond donors (Lipinski definition) is 1. The molecule has 1 saturated carbocycles. The molecule has 1 aliphatic heterocycles. The molecule has 0 bridgehead atoms. The van der Waals surface area contributed by atoms with E-state index < -0.39 is 5.54 Å². The van der Waals surface area contributed by atoms with Gasteiger partial charge in [0, 0.05) is 25.7 Å². The molecule has 2 rings (SSSR count). The highest BCUT2D eigenvalue weighted by molar-refractivity contribution is 5.86. The van der Waals surface area contributed by atoms with Crippen LogP contribution in [0.2, 0.25) is 0 Å². The second kappa shape index (κ2) is 4.00. The van der Waals surface area contributed by atoms with E-state index in [2.05, 4.69) is 18.9 Å². The second-order valence-electron chi connectivity index (χ2n) is 5.67. The summed E-state index contributed by atoms with van der Waals surface area (Å²) in [4.78, 5) is 16.6. The van der Waals surface area contributed by atoms with Crippen molar-refractivity contribution in [3.8, 4) is 0 Å². The number of likely N-dealkylation sites (N-methyl/N-ethyl adjacent to an activating group) is 1. The lowest BCUT2D eigenvalue weighted by Crippen LogP contribution is -2.61. The smallest absolute Gasteiger partial charge is 0.242 e. The highest BCUT2D eigenvalue weighted by Crippen LogP contribution is 2.39. The minimum absolute atomic E-state index is 0.149. The Morgan fingerprint density at radius 1 is 1.38 bits per heavy atom. The lowest BCUT2D eigenvalue weighted by molar-refractivity contribution is -0.141. The molecule has 1 amide bonds. The molecule has 1 saturated heterocycles. The minimum Gasteiger partial charge on any atom is -0.336 e. The van der Waals surface area contributed by atoms with Crippen LogP contribution in [0, 0.1) is 5.92 Å². The average molecular weight is 225 g/mol. The number of carbonyl (C=O) groups excluding carboxylic acids is 1.